The van der Waals surface area contributed by atoms with Gasteiger partial charge in [-0.15, -0.1) is 5.10 Å². The Balaban J connectivity index is 1.36. The molecule has 1 fully saturated rings. The maximum atomic E-state index is 5.92. The summed E-state index contributed by atoms with van der Waals surface area (Å²) in [4.78, 5) is 9.27. The van der Waals surface area contributed by atoms with Gasteiger partial charge in [-0.05, 0) is 29.8 Å². The molecule has 0 saturated carbocycles. The van der Waals surface area contributed by atoms with Crippen molar-refractivity contribution < 1.29 is 0 Å². The molecule has 0 unspecified atom stereocenters. The van der Waals surface area contributed by atoms with Gasteiger partial charge in [0.15, 0.2) is 5.82 Å². The number of rotatable bonds is 5. The largest absolute Gasteiger partial charge is 0.368 e. The highest BCUT2D eigenvalue weighted by Crippen LogP contribution is 2.19. The minimum atomic E-state index is 0.535. The minimum absolute atomic E-state index is 0.535. The van der Waals surface area contributed by atoms with E-state index in [-0.39, 0.29) is 0 Å². The van der Waals surface area contributed by atoms with Crippen LogP contribution in [0.25, 0.3) is 0 Å². The molecule has 0 atom stereocenters. The molecule has 1 N–H and O–H groups in total. The van der Waals surface area contributed by atoms with Crippen LogP contribution in [0.3, 0.4) is 0 Å². The fourth-order valence-electron chi connectivity index (χ4n) is 3.14. The first kappa shape index (κ1) is 17.5. The van der Waals surface area contributed by atoms with E-state index >= 15 is 0 Å². The first-order valence-electron chi connectivity index (χ1n) is 9.01. The normalized spacial score (nSPS) is 14.3. The molecule has 0 bridgehead atoms. The van der Waals surface area contributed by atoms with Gasteiger partial charge in [-0.25, -0.2) is 0 Å². The van der Waals surface area contributed by atoms with Crippen LogP contribution in [0.15, 0.2) is 60.8 Å². The van der Waals surface area contributed by atoms with Crippen LogP contribution in [-0.2, 0) is 6.54 Å². The molecule has 0 amide bonds. The SMILES string of the molecule is Clc1ccc(CNc2nncc(N3CCN(c4ccccc4)CC3)n2)cc1. The van der Waals surface area contributed by atoms with Gasteiger partial charge in [0.05, 0.1) is 6.20 Å². The highest BCUT2D eigenvalue weighted by atomic mass is 35.5. The van der Waals surface area contributed by atoms with Crippen molar-refractivity contribution in [2.24, 2.45) is 0 Å². The number of para-hydroxylation sites is 1. The average Bonchev–Trinajstić information content (AvgIpc) is 2.74. The van der Waals surface area contributed by atoms with E-state index in [0.29, 0.717) is 12.5 Å². The van der Waals surface area contributed by atoms with E-state index in [4.69, 9.17) is 11.6 Å². The lowest BCUT2D eigenvalue weighted by Crippen LogP contribution is -2.46. The van der Waals surface area contributed by atoms with E-state index in [1.807, 2.05) is 30.3 Å². The molecule has 1 saturated heterocycles. The molecular weight excluding hydrogens is 360 g/mol. The molecule has 2 heterocycles. The highest BCUT2D eigenvalue weighted by molar-refractivity contribution is 6.30. The van der Waals surface area contributed by atoms with Crippen molar-refractivity contribution in [1.82, 2.24) is 15.2 Å². The zero-order valence-corrected chi connectivity index (χ0v) is 15.7. The second-order valence-electron chi connectivity index (χ2n) is 6.43. The van der Waals surface area contributed by atoms with Crippen LogP contribution in [0, 0.1) is 0 Å². The Morgan fingerprint density at radius 1 is 0.889 bits per heavy atom. The molecule has 0 spiro atoms. The Bertz CT molecular complexity index is 863. The van der Waals surface area contributed by atoms with E-state index in [0.717, 1.165) is 42.6 Å². The summed E-state index contributed by atoms with van der Waals surface area (Å²) in [6, 6.07) is 18.2. The molecule has 2 aromatic carbocycles. The Kier molecular flexibility index (Phi) is 5.34. The molecule has 1 aliphatic heterocycles. The number of benzene rings is 2. The molecule has 4 rings (SSSR count). The quantitative estimate of drug-likeness (QED) is 0.731. The van der Waals surface area contributed by atoms with Crippen molar-refractivity contribution in [2.75, 3.05) is 41.3 Å². The van der Waals surface area contributed by atoms with E-state index in [9.17, 15) is 0 Å². The molecule has 7 heteroatoms. The van der Waals surface area contributed by atoms with Crippen LogP contribution < -0.4 is 15.1 Å². The van der Waals surface area contributed by atoms with Gasteiger partial charge in [-0.3, -0.25) is 0 Å². The average molecular weight is 381 g/mol. The number of aromatic nitrogens is 3. The number of hydrogen-bond donors (Lipinski definition) is 1. The fourth-order valence-corrected chi connectivity index (χ4v) is 3.26. The second kappa shape index (κ2) is 8.22. The Morgan fingerprint density at radius 2 is 1.59 bits per heavy atom. The maximum Gasteiger partial charge on any atom is 0.244 e. The summed E-state index contributed by atoms with van der Waals surface area (Å²) in [5.41, 5.74) is 2.38. The topological polar surface area (TPSA) is 57.2 Å². The molecule has 0 radical (unpaired) electrons. The van der Waals surface area contributed by atoms with E-state index in [2.05, 4.69) is 54.6 Å². The van der Waals surface area contributed by atoms with Crippen LogP contribution in [-0.4, -0.2) is 41.4 Å². The second-order valence-corrected chi connectivity index (χ2v) is 6.86. The first-order valence-corrected chi connectivity index (χ1v) is 9.39. The van der Waals surface area contributed by atoms with E-state index in [1.54, 1.807) is 6.20 Å². The zero-order valence-electron chi connectivity index (χ0n) is 14.9. The smallest absolute Gasteiger partial charge is 0.244 e. The van der Waals surface area contributed by atoms with E-state index < -0.39 is 0 Å². The highest BCUT2D eigenvalue weighted by Gasteiger charge is 2.19. The molecule has 138 valence electrons. The summed E-state index contributed by atoms with van der Waals surface area (Å²) in [6.07, 6.45) is 1.73. The minimum Gasteiger partial charge on any atom is -0.368 e. The third-order valence-electron chi connectivity index (χ3n) is 4.64. The Morgan fingerprint density at radius 3 is 2.33 bits per heavy atom. The fraction of sp³-hybridized carbons (Fsp3) is 0.250. The molecule has 1 aromatic heterocycles. The summed E-state index contributed by atoms with van der Waals surface area (Å²) in [7, 11) is 0. The third-order valence-corrected chi connectivity index (χ3v) is 4.89. The van der Waals surface area contributed by atoms with Gasteiger partial charge in [0.2, 0.25) is 5.95 Å². The number of halogens is 1. The summed E-state index contributed by atoms with van der Waals surface area (Å²) in [6.45, 7) is 4.36. The van der Waals surface area contributed by atoms with Crippen molar-refractivity contribution in [1.29, 1.82) is 0 Å². The molecular formula is C20H21ClN6. The van der Waals surface area contributed by atoms with Gasteiger partial charge in [0, 0.05) is 43.4 Å². The molecule has 6 nitrogen and oxygen atoms in total. The van der Waals surface area contributed by atoms with Crippen LogP contribution >= 0.6 is 11.6 Å². The van der Waals surface area contributed by atoms with Crippen LogP contribution in [0.4, 0.5) is 17.5 Å². The number of nitrogens with one attached hydrogen (secondary N) is 1. The lowest BCUT2D eigenvalue weighted by Gasteiger charge is -2.36. The van der Waals surface area contributed by atoms with Crippen molar-refractivity contribution in [3.05, 3.63) is 71.4 Å². The van der Waals surface area contributed by atoms with Gasteiger partial charge >= 0.3 is 0 Å². The predicted octanol–water partition coefficient (Wildman–Crippen LogP) is 3.46. The van der Waals surface area contributed by atoms with Gasteiger partial charge in [-0.1, -0.05) is 41.9 Å². The van der Waals surface area contributed by atoms with Crippen LogP contribution in [0.1, 0.15) is 5.56 Å². The van der Waals surface area contributed by atoms with Crippen molar-refractivity contribution >= 4 is 29.1 Å². The maximum absolute atomic E-state index is 5.92. The number of piperazine rings is 1. The van der Waals surface area contributed by atoms with Crippen LogP contribution in [0.2, 0.25) is 5.02 Å². The number of hydrogen-bond acceptors (Lipinski definition) is 6. The van der Waals surface area contributed by atoms with Gasteiger partial charge < -0.3 is 15.1 Å². The monoisotopic (exact) mass is 380 g/mol. The summed E-state index contributed by atoms with van der Waals surface area (Å²) >= 11 is 5.92. The molecule has 1 aliphatic rings. The van der Waals surface area contributed by atoms with Gasteiger partial charge in [0.1, 0.15) is 0 Å². The van der Waals surface area contributed by atoms with Crippen molar-refractivity contribution in [3.8, 4) is 0 Å². The van der Waals surface area contributed by atoms with Gasteiger partial charge in [0.25, 0.3) is 0 Å². The summed E-state index contributed by atoms with van der Waals surface area (Å²) in [5, 5.41) is 12.2. The molecule has 0 aliphatic carbocycles. The third kappa shape index (κ3) is 4.46. The van der Waals surface area contributed by atoms with Gasteiger partial charge in [-0.2, -0.15) is 10.1 Å². The molecule has 3 aromatic rings. The standard InChI is InChI=1S/C20H21ClN6/c21-17-8-6-16(7-9-17)14-22-20-24-19(15-23-25-20)27-12-10-26(11-13-27)18-4-2-1-3-5-18/h1-9,15H,10-14H2,(H,22,24,25). The first-order chi connectivity index (χ1) is 13.3. The molecule has 27 heavy (non-hydrogen) atoms. The zero-order chi connectivity index (χ0) is 18.5. The van der Waals surface area contributed by atoms with E-state index in [1.165, 1.54) is 5.69 Å². The van der Waals surface area contributed by atoms with Crippen molar-refractivity contribution in [2.45, 2.75) is 6.54 Å². The number of nitrogens with zero attached hydrogens (tertiary/aromatic N) is 5. The Labute approximate surface area is 163 Å². The Hall–Kier alpha value is -2.86. The predicted molar refractivity (Wildman–Crippen MR) is 109 cm³/mol. The number of anilines is 3. The lowest BCUT2D eigenvalue weighted by atomic mass is 10.2. The van der Waals surface area contributed by atoms with Crippen molar-refractivity contribution in [3.63, 3.8) is 0 Å². The lowest BCUT2D eigenvalue weighted by molar-refractivity contribution is 0.644. The summed E-state index contributed by atoms with van der Waals surface area (Å²) in [5.74, 6) is 1.39. The van der Waals surface area contributed by atoms with Crippen LogP contribution in [0.5, 0.6) is 0 Å². The summed E-state index contributed by atoms with van der Waals surface area (Å²) < 4.78 is 0.